The molecule has 2 heterocycles. The van der Waals surface area contributed by atoms with Crippen molar-refractivity contribution in [2.75, 3.05) is 0 Å². The van der Waals surface area contributed by atoms with Crippen LogP contribution >= 0.6 is 22.7 Å². The fourth-order valence-corrected chi connectivity index (χ4v) is 3.06. The van der Waals surface area contributed by atoms with Gasteiger partial charge in [-0.05, 0) is 17.4 Å². The van der Waals surface area contributed by atoms with Crippen molar-refractivity contribution in [2.45, 2.75) is 19.9 Å². The van der Waals surface area contributed by atoms with Crippen molar-refractivity contribution in [1.82, 2.24) is 10.3 Å². The van der Waals surface area contributed by atoms with Crippen LogP contribution in [0.5, 0.6) is 0 Å². The molecule has 90 valence electrons. The molecule has 0 radical (unpaired) electrons. The number of carbonyl (C=O) groups excluding carboxylic acids is 1. The number of hydrogen-bond acceptors (Lipinski definition) is 4. The van der Waals surface area contributed by atoms with Crippen molar-refractivity contribution in [2.24, 2.45) is 5.92 Å². The Hall–Kier alpha value is -1.20. The van der Waals surface area contributed by atoms with Gasteiger partial charge in [-0.1, -0.05) is 19.9 Å². The van der Waals surface area contributed by atoms with E-state index in [0.717, 1.165) is 0 Å². The molecule has 0 fully saturated rings. The Balaban J connectivity index is 2.12. The van der Waals surface area contributed by atoms with Crippen LogP contribution in [0.15, 0.2) is 28.4 Å². The monoisotopic (exact) mass is 266 g/mol. The van der Waals surface area contributed by atoms with Gasteiger partial charge in [0.2, 0.25) is 0 Å². The molecular weight excluding hydrogens is 252 g/mol. The third-order valence-electron chi connectivity index (χ3n) is 2.47. The molecule has 3 nitrogen and oxygen atoms in total. The van der Waals surface area contributed by atoms with Crippen LogP contribution in [0.25, 0.3) is 0 Å². The van der Waals surface area contributed by atoms with Gasteiger partial charge in [0.1, 0.15) is 5.69 Å². The number of thiazole rings is 1. The summed E-state index contributed by atoms with van der Waals surface area (Å²) in [5.74, 6) is 0.259. The number of nitrogens with zero attached hydrogens (tertiary/aromatic N) is 1. The first kappa shape index (κ1) is 12.3. The molecule has 0 bridgehead atoms. The highest BCUT2D eigenvalue weighted by atomic mass is 32.1. The SMILES string of the molecule is CC(C)C(NC(=O)c1cscn1)c1cccs1. The second kappa shape index (κ2) is 5.42. The Morgan fingerprint density at radius 1 is 1.47 bits per heavy atom. The smallest absolute Gasteiger partial charge is 0.271 e. The van der Waals surface area contributed by atoms with Gasteiger partial charge >= 0.3 is 0 Å². The van der Waals surface area contributed by atoms with Crippen molar-refractivity contribution in [3.8, 4) is 0 Å². The molecule has 0 aliphatic heterocycles. The molecule has 2 aromatic rings. The summed E-state index contributed by atoms with van der Waals surface area (Å²) in [4.78, 5) is 17.2. The van der Waals surface area contributed by atoms with Crippen molar-refractivity contribution < 1.29 is 4.79 Å². The molecular formula is C12H14N2OS2. The molecule has 1 N–H and O–H groups in total. The van der Waals surface area contributed by atoms with Crippen LogP contribution in [0, 0.1) is 5.92 Å². The summed E-state index contributed by atoms with van der Waals surface area (Å²) < 4.78 is 0. The highest BCUT2D eigenvalue weighted by Gasteiger charge is 2.20. The van der Waals surface area contributed by atoms with Crippen LogP contribution in [0.2, 0.25) is 0 Å². The topological polar surface area (TPSA) is 42.0 Å². The molecule has 0 aliphatic carbocycles. The molecule has 0 aliphatic rings. The highest BCUT2D eigenvalue weighted by Crippen LogP contribution is 2.26. The molecule has 0 aromatic carbocycles. The fourth-order valence-electron chi connectivity index (χ4n) is 1.57. The minimum absolute atomic E-state index is 0.0594. The number of carbonyl (C=O) groups is 1. The maximum absolute atomic E-state index is 12.0. The summed E-state index contributed by atoms with van der Waals surface area (Å²) in [7, 11) is 0. The van der Waals surface area contributed by atoms with Crippen molar-refractivity contribution >= 4 is 28.6 Å². The van der Waals surface area contributed by atoms with E-state index in [1.807, 2.05) is 11.4 Å². The van der Waals surface area contributed by atoms with Gasteiger partial charge in [0, 0.05) is 10.3 Å². The molecule has 0 saturated heterocycles. The zero-order valence-corrected chi connectivity index (χ0v) is 11.3. The van der Waals surface area contributed by atoms with Crippen LogP contribution in [0.1, 0.15) is 35.3 Å². The minimum atomic E-state index is -0.0987. The zero-order valence-electron chi connectivity index (χ0n) is 9.71. The van der Waals surface area contributed by atoms with Gasteiger partial charge in [-0.3, -0.25) is 4.79 Å². The summed E-state index contributed by atoms with van der Waals surface area (Å²) in [5, 5.41) is 6.83. The first-order chi connectivity index (χ1) is 8.18. The first-order valence-corrected chi connectivity index (χ1v) is 7.23. The average molecular weight is 266 g/mol. The van der Waals surface area contributed by atoms with Crippen LogP contribution in [-0.2, 0) is 0 Å². The summed E-state index contributed by atoms with van der Waals surface area (Å²) in [6.07, 6.45) is 0. The van der Waals surface area contributed by atoms with Gasteiger partial charge in [-0.25, -0.2) is 4.98 Å². The lowest BCUT2D eigenvalue weighted by atomic mass is 10.0. The van der Waals surface area contributed by atoms with Crippen LogP contribution < -0.4 is 5.32 Å². The number of rotatable bonds is 4. The van der Waals surface area contributed by atoms with E-state index in [1.165, 1.54) is 16.2 Å². The third-order valence-corrected chi connectivity index (χ3v) is 4.01. The number of nitrogens with one attached hydrogen (secondary N) is 1. The molecule has 1 unspecified atom stereocenters. The van der Waals surface area contributed by atoms with E-state index in [4.69, 9.17) is 0 Å². The second-order valence-electron chi connectivity index (χ2n) is 4.08. The molecule has 17 heavy (non-hydrogen) atoms. The van der Waals surface area contributed by atoms with Crippen molar-refractivity contribution in [3.05, 3.63) is 39.0 Å². The Labute approximate surface area is 109 Å². The summed E-state index contributed by atoms with van der Waals surface area (Å²) in [6.45, 7) is 4.21. The number of hydrogen-bond donors (Lipinski definition) is 1. The van der Waals surface area contributed by atoms with Crippen molar-refractivity contribution in [3.63, 3.8) is 0 Å². The Morgan fingerprint density at radius 2 is 2.29 bits per heavy atom. The van der Waals surface area contributed by atoms with E-state index < -0.39 is 0 Å². The van der Waals surface area contributed by atoms with Crippen LogP contribution in [0.3, 0.4) is 0 Å². The Morgan fingerprint density at radius 3 is 2.82 bits per heavy atom. The largest absolute Gasteiger partial charge is 0.343 e. The predicted molar refractivity (Wildman–Crippen MR) is 71.5 cm³/mol. The molecule has 1 atom stereocenters. The third kappa shape index (κ3) is 2.92. The quantitative estimate of drug-likeness (QED) is 0.922. The van der Waals surface area contributed by atoms with E-state index in [-0.39, 0.29) is 11.9 Å². The zero-order chi connectivity index (χ0) is 12.3. The summed E-state index contributed by atoms with van der Waals surface area (Å²) >= 11 is 3.10. The number of aromatic nitrogens is 1. The van der Waals surface area contributed by atoms with Gasteiger partial charge in [-0.2, -0.15) is 0 Å². The second-order valence-corrected chi connectivity index (χ2v) is 5.78. The molecule has 2 aromatic heterocycles. The van der Waals surface area contributed by atoms with E-state index in [9.17, 15) is 4.79 Å². The maximum Gasteiger partial charge on any atom is 0.271 e. The van der Waals surface area contributed by atoms with Crippen molar-refractivity contribution in [1.29, 1.82) is 0 Å². The summed E-state index contributed by atoms with van der Waals surface area (Å²) in [5.41, 5.74) is 2.17. The molecule has 5 heteroatoms. The van der Waals surface area contributed by atoms with Crippen LogP contribution in [-0.4, -0.2) is 10.9 Å². The first-order valence-electron chi connectivity index (χ1n) is 5.41. The highest BCUT2D eigenvalue weighted by molar-refractivity contribution is 7.10. The van der Waals surface area contributed by atoms with Crippen LogP contribution in [0.4, 0.5) is 0 Å². The van der Waals surface area contributed by atoms with Gasteiger partial charge in [0.25, 0.3) is 5.91 Å². The fraction of sp³-hybridized carbons (Fsp3) is 0.333. The van der Waals surface area contributed by atoms with E-state index >= 15 is 0 Å². The minimum Gasteiger partial charge on any atom is -0.343 e. The predicted octanol–water partition coefficient (Wildman–Crippen LogP) is 3.33. The van der Waals surface area contributed by atoms with Gasteiger partial charge < -0.3 is 5.32 Å². The van der Waals surface area contributed by atoms with E-state index in [1.54, 1.807) is 22.2 Å². The maximum atomic E-state index is 12.0. The van der Waals surface area contributed by atoms with E-state index in [2.05, 4.69) is 30.2 Å². The lowest BCUT2D eigenvalue weighted by molar-refractivity contribution is 0.0922. The standard InChI is InChI=1S/C12H14N2OS2/c1-8(2)11(10-4-3-5-17-10)14-12(15)9-6-16-7-13-9/h3-8,11H,1-2H3,(H,14,15). The van der Waals surface area contributed by atoms with Gasteiger partial charge in [-0.15, -0.1) is 22.7 Å². The average Bonchev–Trinajstić information content (AvgIpc) is 2.97. The number of amides is 1. The van der Waals surface area contributed by atoms with E-state index in [0.29, 0.717) is 11.6 Å². The lowest BCUT2D eigenvalue weighted by Crippen LogP contribution is -2.31. The summed E-state index contributed by atoms with van der Waals surface area (Å²) in [6, 6.07) is 4.12. The molecule has 1 amide bonds. The number of thiophene rings is 1. The molecule has 0 saturated carbocycles. The molecule has 2 rings (SSSR count). The van der Waals surface area contributed by atoms with Gasteiger partial charge in [0.05, 0.1) is 11.6 Å². The molecule has 0 spiro atoms. The Kier molecular flexibility index (Phi) is 3.91. The Bertz CT molecular complexity index is 463. The normalized spacial score (nSPS) is 12.6. The lowest BCUT2D eigenvalue weighted by Gasteiger charge is -2.20. The van der Waals surface area contributed by atoms with Gasteiger partial charge in [0.15, 0.2) is 0 Å².